The molecule has 0 aliphatic heterocycles. The van der Waals surface area contributed by atoms with Gasteiger partial charge in [-0.15, -0.1) is 11.3 Å². The van der Waals surface area contributed by atoms with Gasteiger partial charge >= 0.3 is 0 Å². The summed E-state index contributed by atoms with van der Waals surface area (Å²) in [4.78, 5) is 4.60. The van der Waals surface area contributed by atoms with E-state index >= 15 is 0 Å². The predicted octanol–water partition coefficient (Wildman–Crippen LogP) is 5.66. The topological polar surface area (TPSA) is 36.7 Å². The monoisotopic (exact) mass is 330 g/mol. The average Bonchev–Trinajstić information content (AvgIpc) is 2.96. The molecule has 5 heteroatoms. The molecule has 0 N–H and O–H groups in total. The average molecular weight is 331 g/mol. The summed E-state index contributed by atoms with van der Waals surface area (Å²) in [6.07, 6.45) is 0. The quantitative estimate of drug-likeness (QED) is 0.608. The Kier molecular flexibility index (Phi) is 3.94. The van der Waals surface area contributed by atoms with Crippen LogP contribution in [0, 0.1) is 11.3 Å². The largest absolute Gasteiger partial charge is 0.236 e. The van der Waals surface area contributed by atoms with Crippen molar-refractivity contribution in [2.24, 2.45) is 0 Å². The molecule has 3 rings (SSSR count). The summed E-state index contributed by atoms with van der Waals surface area (Å²) in [5.74, 6) is 0. The third kappa shape index (κ3) is 3.08. The highest BCUT2D eigenvalue weighted by Crippen LogP contribution is 2.32. The van der Waals surface area contributed by atoms with Crippen LogP contribution in [0.25, 0.3) is 21.8 Å². The van der Waals surface area contributed by atoms with E-state index in [9.17, 15) is 0 Å². The summed E-state index contributed by atoms with van der Waals surface area (Å²) in [6, 6.07) is 14.9. The summed E-state index contributed by atoms with van der Waals surface area (Å²) in [7, 11) is 0. The van der Waals surface area contributed by atoms with Crippen molar-refractivity contribution in [3.63, 3.8) is 0 Å². The van der Waals surface area contributed by atoms with Crippen LogP contribution < -0.4 is 0 Å². The molecule has 21 heavy (non-hydrogen) atoms. The Hall–Kier alpha value is -1.86. The van der Waals surface area contributed by atoms with Gasteiger partial charge in [-0.25, -0.2) is 4.98 Å². The zero-order valence-corrected chi connectivity index (χ0v) is 13.0. The first-order chi connectivity index (χ1) is 10.2. The highest BCUT2D eigenvalue weighted by Gasteiger charge is 2.08. The number of hydrogen-bond donors (Lipinski definition) is 0. The van der Waals surface area contributed by atoms with Gasteiger partial charge in [0.25, 0.3) is 0 Å². The van der Waals surface area contributed by atoms with E-state index in [0.29, 0.717) is 15.6 Å². The van der Waals surface area contributed by atoms with E-state index in [-0.39, 0.29) is 0 Å². The zero-order valence-electron chi connectivity index (χ0n) is 10.7. The van der Waals surface area contributed by atoms with E-state index in [0.717, 1.165) is 21.8 Å². The second-order valence-electron chi connectivity index (χ2n) is 4.39. The normalized spacial score (nSPS) is 10.3. The maximum atomic E-state index is 8.96. The van der Waals surface area contributed by atoms with Crippen LogP contribution in [0.2, 0.25) is 10.0 Å². The zero-order chi connectivity index (χ0) is 14.8. The molecule has 1 aromatic heterocycles. The molecule has 2 aromatic carbocycles. The molecular weight excluding hydrogens is 323 g/mol. The van der Waals surface area contributed by atoms with Crippen LogP contribution in [0.3, 0.4) is 0 Å². The van der Waals surface area contributed by atoms with Crippen molar-refractivity contribution in [1.29, 1.82) is 5.26 Å². The molecule has 0 bridgehead atoms. The molecule has 0 spiro atoms. The van der Waals surface area contributed by atoms with Crippen molar-refractivity contribution >= 4 is 34.5 Å². The maximum Gasteiger partial charge on any atom is 0.124 e. The van der Waals surface area contributed by atoms with Gasteiger partial charge in [-0.05, 0) is 30.3 Å². The van der Waals surface area contributed by atoms with Gasteiger partial charge in [-0.2, -0.15) is 5.26 Å². The van der Waals surface area contributed by atoms with Gasteiger partial charge in [0, 0.05) is 26.6 Å². The number of hydrogen-bond acceptors (Lipinski definition) is 3. The lowest BCUT2D eigenvalue weighted by molar-refractivity contribution is 1.39. The molecule has 0 radical (unpaired) electrons. The van der Waals surface area contributed by atoms with E-state index in [4.69, 9.17) is 28.5 Å². The summed E-state index contributed by atoms with van der Waals surface area (Å²) >= 11 is 13.6. The van der Waals surface area contributed by atoms with Crippen LogP contribution in [0.4, 0.5) is 0 Å². The van der Waals surface area contributed by atoms with Gasteiger partial charge in [-0.3, -0.25) is 0 Å². The van der Waals surface area contributed by atoms with Crippen LogP contribution in [-0.4, -0.2) is 4.98 Å². The lowest BCUT2D eigenvalue weighted by atomic mass is 10.1. The van der Waals surface area contributed by atoms with Crippen LogP contribution in [0.5, 0.6) is 0 Å². The molecule has 0 atom stereocenters. The summed E-state index contributed by atoms with van der Waals surface area (Å²) in [5, 5.41) is 12.9. The molecule has 0 saturated carbocycles. The molecule has 0 aliphatic rings. The minimum Gasteiger partial charge on any atom is -0.236 e. The molecule has 0 saturated heterocycles. The van der Waals surface area contributed by atoms with Crippen LogP contribution >= 0.6 is 34.5 Å². The summed E-state index contributed by atoms with van der Waals surface area (Å²) < 4.78 is 0. The van der Waals surface area contributed by atoms with Gasteiger partial charge in [0.2, 0.25) is 0 Å². The van der Waals surface area contributed by atoms with E-state index in [2.05, 4.69) is 11.1 Å². The first-order valence-corrected chi connectivity index (χ1v) is 7.72. The van der Waals surface area contributed by atoms with Crippen molar-refractivity contribution in [1.82, 2.24) is 4.98 Å². The fraction of sp³-hybridized carbons (Fsp3) is 0. The highest BCUT2D eigenvalue weighted by atomic mass is 35.5. The molecule has 0 unspecified atom stereocenters. The number of nitriles is 1. The van der Waals surface area contributed by atoms with Gasteiger partial charge in [0.15, 0.2) is 0 Å². The Labute approximate surface area is 136 Å². The van der Waals surface area contributed by atoms with E-state index in [1.807, 2.05) is 35.7 Å². The van der Waals surface area contributed by atoms with Crippen LogP contribution in [-0.2, 0) is 0 Å². The number of thiazole rings is 1. The Morgan fingerprint density at radius 1 is 1.00 bits per heavy atom. The van der Waals surface area contributed by atoms with E-state index in [1.165, 1.54) is 11.3 Å². The van der Waals surface area contributed by atoms with E-state index in [1.54, 1.807) is 12.1 Å². The molecule has 0 amide bonds. The maximum absolute atomic E-state index is 8.96. The van der Waals surface area contributed by atoms with Crippen molar-refractivity contribution in [2.45, 2.75) is 0 Å². The Morgan fingerprint density at radius 3 is 2.48 bits per heavy atom. The van der Waals surface area contributed by atoms with Crippen molar-refractivity contribution in [2.75, 3.05) is 0 Å². The standard InChI is InChI=1S/C16H8Cl2N2S/c17-13-5-12(6-14(18)7-13)16-20-15(9-21-16)11-3-1-2-10(4-11)8-19/h1-7,9H. The van der Waals surface area contributed by atoms with Crippen LogP contribution in [0.15, 0.2) is 47.8 Å². The fourth-order valence-corrected chi connectivity index (χ4v) is 3.31. The minimum atomic E-state index is 0.584. The Balaban J connectivity index is 2.01. The summed E-state index contributed by atoms with van der Waals surface area (Å²) in [5.41, 5.74) is 3.26. The molecule has 1 heterocycles. The second kappa shape index (κ2) is 5.87. The third-order valence-electron chi connectivity index (χ3n) is 2.90. The smallest absolute Gasteiger partial charge is 0.124 e. The minimum absolute atomic E-state index is 0.584. The fourth-order valence-electron chi connectivity index (χ4n) is 1.96. The molecule has 3 aromatic rings. The molecule has 0 aliphatic carbocycles. The first kappa shape index (κ1) is 14.1. The Bertz CT molecular complexity index is 829. The number of benzene rings is 2. The molecule has 2 nitrogen and oxygen atoms in total. The third-order valence-corrected chi connectivity index (χ3v) is 4.23. The lowest BCUT2D eigenvalue weighted by Crippen LogP contribution is -1.82. The van der Waals surface area contributed by atoms with Gasteiger partial charge in [0.05, 0.1) is 17.3 Å². The molecular formula is C16H8Cl2N2S. The van der Waals surface area contributed by atoms with Crippen molar-refractivity contribution in [3.8, 4) is 27.9 Å². The predicted molar refractivity (Wildman–Crippen MR) is 87.7 cm³/mol. The first-order valence-electron chi connectivity index (χ1n) is 6.08. The van der Waals surface area contributed by atoms with Gasteiger partial charge < -0.3 is 0 Å². The van der Waals surface area contributed by atoms with Gasteiger partial charge in [0.1, 0.15) is 5.01 Å². The number of rotatable bonds is 2. The highest BCUT2D eigenvalue weighted by molar-refractivity contribution is 7.13. The van der Waals surface area contributed by atoms with Crippen LogP contribution in [0.1, 0.15) is 5.56 Å². The molecule has 0 fully saturated rings. The number of nitrogens with zero attached hydrogens (tertiary/aromatic N) is 2. The van der Waals surface area contributed by atoms with E-state index < -0.39 is 0 Å². The van der Waals surface area contributed by atoms with Crippen molar-refractivity contribution < 1.29 is 0 Å². The lowest BCUT2D eigenvalue weighted by Gasteiger charge is -1.99. The molecule has 102 valence electrons. The number of aromatic nitrogens is 1. The van der Waals surface area contributed by atoms with Gasteiger partial charge in [-0.1, -0.05) is 35.3 Å². The summed E-state index contributed by atoms with van der Waals surface area (Å²) in [6.45, 7) is 0. The Morgan fingerprint density at radius 2 is 1.76 bits per heavy atom. The van der Waals surface area contributed by atoms with Crippen molar-refractivity contribution in [3.05, 3.63) is 63.5 Å². The number of halogens is 2. The second-order valence-corrected chi connectivity index (χ2v) is 6.12. The SMILES string of the molecule is N#Cc1cccc(-c2csc(-c3cc(Cl)cc(Cl)c3)n2)c1.